The van der Waals surface area contributed by atoms with Crippen LogP contribution in [0.25, 0.3) is 0 Å². The fourth-order valence-corrected chi connectivity index (χ4v) is 4.64. The van der Waals surface area contributed by atoms with Crippen molar-refractivity contribution in [1.82, 2.24) is 19.6 Å². The van der Waals surface area contributed by atoms with Gasteiger partial charge in [0, 0.05) is 6.07 Å². The molecule has 1 heterocycles. The second kappa shape index (κ2) is 8.66. The molecule has 0 radical (unpaired) electrons. The zero-order valence-electron chi connectivity index (χ0n) is 14.3. The van der Waals surface area contributed by atoms with E-state index in [4.69, 9.17) is 16.3 Å². The smallest absolute Gasteiger partial charge is 0.335 e. The molecule has 2 aromatic rings. The number of hydrogen-bond acceptors (Lipinski definition) is 9. The van der Waals surface area contributed by atoms with E-state index in [0.717, 1.165) is 19.2 Å². The number of sulfonamides is 2. The Morgan fingerprint density at radius 2 is 1.64 bits per heavy atom. The van der Waals surface area contributed by atoms with E-state index in [1.165, 1.54) is 25.3 Å². The number of rotatable bonds is 7. The summed E-state index contributed by atoms with van der Waals surface area (Å²) in [4.78, 5) is 24.2. The van der Waals surface area contributed by atoms with E-state index in [0.29, 0.717) is 0 Å². The lowest BCUT2D eigenvalue weighted by Crippen LogP contribution is -2.36. The van der Waals surface area contributed by atoms with Gasteiger partial charge in [0.25, 0.3) is 20.0 Å². The first-order valence-corrected chi connectivity index (χ1v) is 10.5. The minimum Gasteiger partial charge on any atom is -0.481 e. The van der Waals surface area contributed by atoms with Gasteiger partial charge in [-0.3, -0.25) is 10.2 Å². The van der Waals surface area contributed by atoms with Gasteiger partial charge in [-0.05, 0) is 12.1 Å². The van der Waals surface area contributed by atoms with Gasteiger partial charge >= 0.3 is 6.03 Å². The molecular formula is C13H14ClN5O7S2. The number of carbonyl (C=O) groups excluding carboxylic acids is 1. The fraction of sp³-hybridized carbons (Fsp3) is 0.154. The first kappa shape index (κ1) is 21.8. The highest BCUT2D eigenvalue weighted by Gasteiger charge is 2.28. The van der Waals surface area contributed by atoms with Crippen LogP contribution in [0.3, 0.4) is 0 Å². The zero-order chi connectivity index (χ0) is 20.9. The number of nitrogens with zero attached hydrogens (tertiary/aromatic N) is 2. The molecule has 0 bridgehead atoms. The molecule has 0 aliphatic rings. The molecule has 2 amide bonds. The van der Waals surface area contributed by atoms with Crippen LogP contribution >= 0.6 is 11.6 Å². The first-order chi connectivity index (χ1) is 13.1. The molecule has 1 aromatic heterocycles. The summed E-state index contributed by atoms with van der Waals surface area (Å²) in [5.74, 6) is -0.306. The lowest BCUT2D eigenvalue weighted by Gasteiger charge is -2.12. The monoisotopic (exact) mass is 451 g/mol. The summed E-state index contributed by atoms with van der Waals surface area (Å²) in [6, 6.07) is 4.62. The number of halogens is 1. The molecule has 15 heteroatoms. The molecule has 12 nitrogen and oxygen atoms in total. The van der Waals surface area contributed by atoms with Crippen LogP contribution in [0, 0.1) is 0 Å². The van der Waals surface area contributed by atoms with E-state index in [2.05, 4.69) is 20.1 Å². The van der Waals surface area contributed by atoms with E-state index in [-0.39, 0.29) is 17.0 Å². The Hall–Kier alpha value is -2.52. The molecule has 0 aliphatic heterocycles. The zero-order valence-corrected chi connectivity index (χ0v) is 16.7. The van der Waals surface area contributed by atoms with Crippen molar-refractivity contribution in [2.75, 3.05) is 19.5 Å². The topological polar surface area (TPSA) is 166 Å². The summed E-state index contributed by atoms with van der Waals surface area (Å²) in [7, 11) is -6.56. The van der Waals surface area contributed by atoms with Gasteiger partial charge in [0.1, 0.15) is 14.9 Å². The van der Waals surface area contributed by atoms with Gasteiger partial charge in [-0.2, -0.15) is 4.98 Å². The molecule has 0 saturated heterocycles. The molecule has 28 heavy (non-hydrogen) atoms. The molecular weight excluding hydrogens is 438 g/mol. The Morgan fingerprint density at radius 3 is 2.21 bits per heavy atom. The van der Waals surface area contributed by atoms with Crippen molar-refractivity contribution in [2.45, 2.75) is 9.79 Å². The molecule has 152 valence electrons. The maximum absolute atomic E-state index is 12.5. The SMILES string of the molecule is CONS(=O)(=O)c1ccccc1S(=O)(=O)NC(=O)Nc1nc(Cl)cc(OC)n1. The predicted octanol–water partition coefficient (Wildman–Crippen LogP) is 0.489. The normalized spacial score (nSPS) is 11.7. The number of aromatic nitrogens is 2. The maximum Gasteiger partial charge on any atom is 0.335 e. The van der Waals surface area contributed by atoms with Crippen molar-refractivity contribution in [2.24, 2.45) is 0 Å². The second-order valence-electron chi connectivity index (χ2n) is 4.85. The molecule has 1 aromatic carbocycles. The molecule has 3 N–H and O–H groups in total. The average molecular weight is 452 g/mol. The maximum atomic E-state index is 12.5. The average Bonchev–Trinajstić information content (AvgIpc) is 2.60. The van der Waals surface area contributed by atoms with Crippen molar-refractivity contribution in [1.29, 1.82) is 0 Å². The van der Waals surface area contributed by atoms with Crippen LogP contribution < -0.4 is 19.7 Å². The van der Waals surface area contributed by atoms with Crippen LogP contribution in [0.5, 0.6) is 5.88 Å². The van der Waals surface area contributed by atoms with E-state index < -0.39 is 35.9 Å². The van der Waals surface area contributed by atoms with Crippen LogP contribution in [-0.2, 0) is 24.9 Å². The molecule has 2 rings (SSSR count). The van der Waals surface area contributed by atoms with Crippen molar-refractivity contribution in [3.05, 3.63) is 35.5 Å². The molecule has 0 fully saturated rings. The van der Waals surface area contributed by atoms with E-state index in [1.54, 1.807) is 9.61 Å². The first-order valence-electron chi connectivity index (χ1n) is 7.15. The van der Waals surface area contributed by atoms with Gasteiger partial charge in [-0.25, -0.2) is 31.3 Å². The standard InChI is InChI=1S/C13H14ClN5O7S2/c1-25-11-7-10(14)15-12(16-11)17-13(20)18-27(21,22)8-5-3-4-6-9(8)28(23,24)19-26-2/h3-7,19H,1-2H3,(H2,15,16,17,18,20). The highest BCUT2D eigenvalue weighted by Crippen LogP contribution is 2.21. The lowest BCUT2D eigenvalue weighted by atomic mass is 10.4. The Morgan fingerprint density at radius 1 is 1.04 bits per heavy atom. The van der Waals surface area contributed by atoms with Crippen molar-refractivity contribution in [3.63, 3.8) is 0 Å². The fourth-order valence-electron chi connectivity index (χ4n) is 1.91. The van der Waals surface area contributed by atoms with Crippen LogP contribution in [0.4, 0.5) is 10.7 Å². The van der Waals surface area contributed by atoms with E-state index >= 15 is 0 Å². The van der Waals surface area contributed by atoms with Gasteiger partial charge in [0.2, 0.25) is 11.8 Å². The van der Waals surface area contributed by atoms with Crippen LogP contribution in [0.1, 0.15) is 0 Å². The largest absolute Gasteiger partial charge is 0.481 e. The number of nitrogens with one attached hydrogen (secondary N) is 3. The van der Waals surface area contributed by atoms with Gasteiger partial charge < -0.3 is 4.74 Å². The van der Waals surface area contributed by atoms with Crippen molar-refractivity contribution < 1.29 is 31.2 Å². The summed E-state index contributed by atoms with van der Waals surface area (Å²) in [5, 5.41) is 2.00. The Balaban J connectivity index is 2.30. The third kappa shape index (κ3) is 5.26. The Bertz CT molecular complexity index is 1090. The quantitative estimate of drug-likeness (QED) is 0.401. The lowest BCUT2D eigenvalue weighted by molar-refractivity contribution is 0.153. The van der Waals surface area contributed by atoms with E-state index in [9.17, 15) is 21.6 Å². The molecule has 0 spiro atoms. The van der Waals surface area contributed by atoms with E-state index in [1.807, 2.05) is 0 Å². The minimum atomic E-state index is -4.59. The van der Waals surface area contributed by atoms with Gasteiger partial charge in [-0.1, -0.05) is 28.6 Å². The number of benzene rings is 1. The molecule has 0 saturated carbocycles. The number of anilines is 1. The third-order valence-corrected chi connectivity index (χ3v) is 5.99. The summed E-state index contributed by atoms with van der Waals surface area (Å²) in [6.45, 7) is 0. The molecule has 0 atom stereocenters. The summed E-state index contributed by atoms with van der Waals surface area (Å²) >= 11 is 5.74. The molecule has 0 unspecified atom stereocenters. The van der Waals surface area contributed by atoms with Crippen LogP contribution in [-0.4, -0.2) is 47.1 Å². The van der Waals surface area contributed by atoms with Crippen LogP contribution in [0.15, 0.2) is 40.1 Å². The van der Waals surface area contributed by atoms with Crippen molar-refractivity contribution in [3.8, 4) is 5.88 Å². The third-order valence-electron chi connectivity index (χ3n) is 2.95. The summed E-state index contributed by atoms with van der Waals surface area (Å²) in [5.41, 5.74) is 0. The summed E-state index contributed by atoms with van der Waals surface area (Å²) < 4.78 is 55.7. The van der Waals surface area contributed by atoms with Crippen LogP contribution in [0.2, 0.25) is 5.15 Å². The number of urea groups is 1. The summed E-state index contributed by atoms with van der Waals surface area (Å²) in [6.07, 6.45) is 0. The van der Waals surface area contributed by atoms with Crippen molar-refractivity contribution >= 4 is 43.6 Å². The predicted molar refractivity (Wildman–Crippen MR) is 96.7 cm³/mol. The number of hydrogen-bond donors (Lipinski definition) is 3. The number of carbonyl (C=O) groups is 1. The Labute approximate surface area is 165 Å². The van der Waals surface area contributed by atoms with Gasteiger partial charge in [-0.15, -0.1) is 0 Å². The highest BCUT2D eigenvalue weighted by molar-refractivity contribution is 7.92. The number of ether oxygens (including phenoxy) is 1. The van der Waals surface area contributed by atoms with Gasteiger partial charge in [0.15, 0.2) is 0 Å². The van der Waals surface area contributed by atoms with Gasteiger partial charge in [0.05, 0.1) is 14.2 Å². The molecule has 0 aliphatic carbocycles. The minimum absolute atomic E-state index is 0.0280. The number of amides is 2. The second-order valence-corrected chi connectivity index (χ2v) is 8.51. The highest BCUT2D eigenvalue weighted by atomic mass is 35.5. The Kier molecular flexibility index (Phi) is 6.73. The number of methoxy groups -OCH3 is 1.